The van der Waals surface area contributed by atoms with Crippen molar-refractivity contribution in [1.29, 1.82) is 0 Å². The van der Waals surface area contributed by atoms with Crippen LogP contribution in [0.5, 0.6) is 0 Å². The smallest absolute Gasteiger partial charge is 0.216 e. The second-order valence-corrected chi connectivity index (χ2v) is 8.43. The number of piperidine rings is 1. The topological polar surface area (TPSA) is 40.6 Å². The average Bonchev–Trinajstić information content (AvgIpc) is 2.82. The fraction of sp³-hybridized carbons (Fsp3) is 1.00. The Morgan fingerprint density at radius 1 is 1.06 bits per heavy atom. The van der Waals surface area contributed by atoms with Crippen molar-refractivity contribution in [2.75, 3.05) is 32.7 Å². The zero-order valence-electron chi connectivity index (χ0n) is 11.6. The second-order valence-electron chi connectivity index (χ2n) is 5.94. The number of likely N-dealkylation sites (tertiary alicyclic amines) is 1. The summed E-state index contributed by atoms with van der Waals surface area (Å²) in [4.78, 5) is 2.54. The summed E-state index contributed by atoms with van der Waals surface area (Å²) >= 11 is 0. The lowest BCUT2D eigenvalue weighted by atomic mass is 9.98. The standard InChI is InChI=1S/C13H26N2O2S/c1-12(2)18(16,17)15-9-5-13(6-10-15)11-14-7-3-4-8-14/h12-13H,3-11H2,1-2H3. The maximum Gasteiger partial charge on any atom is 0.216 e. The van der Waals surface area contributed by atoms with E-state index in [-0.39, 0.29) is 5.25 Å². The van der Waals surface area contributed by atoms with Crippen molar-refractivity contribution in [3.05, 3.63) is 0 Å². The molecule has 0 amide bonds. The molecule has 0 N–H and O–H groups in total. The minimum atomic E-state index is -3.03. The number of sulfonamides is 1. The van der Waals surface area contributed by atoms with Gasteiger partial charge in [0.1, 0.15) is 0 Å². The number of hydrogen-bond donors (Lipinski definition) is 0. The highest BCUT2D eigenvalue weighted by Crippen LogP contribution is 2.23. The molecule has 5 heteroatoms. The molecular formula is C13H26N2O2S. The van der Waals surface area contributed by atoms with Crippen LogP contribution in [-0.4, -0.2) is 55.6 Å². The number of rotatable bonds is 4. The van der Waals surface area contributed by atoms with E-state index in [2.05, 4.69) is 4.90 Å². The van der Waals surface area contributed by atoms with Crippen LogP contribution < -0.4 is 0 Å². The van der Waals surface area contributed by atoms with Gasteiger partial charge in [0.15, 0.2) is 0 Å². The Morgan fingerprint density at radius 3 is 2.11 bits per heavy atom. The Bertz CT molecular complexity index is 353. The maximum atomic E-state index is 12.1. The summed E-state index contributed by atoms with van der Waals surface area (Å²) in [5.41, 5.74) is 0. The predicted molar refractivity (Wildman–Crippen MR) is 74.0 cm³/mol. The third-order valence-corrected chi connectivity index (χ3v) is 6.52. The van der Waals surface area contributed by atoms with E-state index in [1.807, 2.05) is 0 Å². The largest absolute Gasteiger partial charge is 0.303 e. The van der Waals surface area contributed by atoms with Crippen molar-refractivity contribution < 1.29 is 8.42 Å². The van der Waals surface area contributed by atoms with Gasteiger partial charge in [-0.25, -0.2) is 12.7 Å². The van der Waals surface area contributed by atoms with Gasteiger partial charge in [0.05, 0.1) is 5.25 Å². The van der Waals surface area contributed by atoms with Gasteiger partial charge in [-0.05, 0) is 58.5 Å². The van der Waals surface area contributed by atoms with Crippen molar-refractivity contribution in [2.24, 2.45) is 5.92 Å². The van der Waals surface area contributed by atoms with Gasteiger partial charge in [-0.1, -0.05) is 0 Å². The molecule has 0 aromatic carbocycles. The highest BCUT2D eigenvalue weighted by molar-refractivity contribution is 7.89. The van der Waals surface area contributed by atoms with Crippen molar-refractivity contribution in [1.82, 2.24) is 9.21 Å². The summed E-state index contributed by atoms with van der Waals surface area (Å²) in [5.74, 6) is 0.696. The van der Waals surface area contributed by atoms with E-state index in [0.29, 0.717) is 5.92 Å². The third-order valence-electron chi connectivity index (χ3n) is 4.24. The summed E-state index contributed by atoms with van der Waals surface area (Å²) in [6.07, 6.45) is 4.73. The van der Waals surface area contributed by atoms with Crippen LogP contribution in [-0.2, 0) is 10.0 Å². The predicted octanol–water partition coefficient (Wildman–Crippen LogP) is 1.53. The lowest BCUT2D eigenvalue weighted by molar-refractivity contribution is 0.205. The summed E-state index contributed by atoms with van der Waals surface area (Å²) in [7, 11) is -3.03. The van der Waals surface area contributed by atoms with Gasteiger partial charge in [0, 0.05) is 19.6 Å². The van der Waals surface area contributed by atoms with Crippen LogP contribution in [0.15, 0.2) is 0 Å². The van der Waals surface area contributed by atoms with Gasteiger partial charge in [0.2, 0.25) is 10.0 Å². The zero-order chi connectivity index (χ0) is 13.2. The van der Waals surface area contributed by atoms with E-state index in [9.17, 15) is 8.42 Å². The van der Waals surface area contributed by atoms with Crippen LogP contribution in [0.4, 0.5) is 0 Å². The van der Waals surface area contributed by atoms with Crippen molar-refractivity contribution in [3.63, 3.8) is 0 Å². The van der Waals surface area contributed by atoms with Gasteiger partial charge in [-0.2, -0.15) is 0 Å². The number of hydrogen-bond acceptors (Lipinski definition) is 3. The molecule has 0 aromatic rings. The molecule has 4 nitrogen and oxygen atoms in total. The van der Waals surface area contributed by atoms with Crippen LogP contribution in [0.3, 0.4) is 0 Å². The van der Waals surface area contributed by atoms with Crippen molar-refractivity contribution in [3.8, 4) is 0 Å². The third kappa shape index (κ3) is 3.25. The second kappa shape index (κ2) is 5.88. The maximum absolute atomic E-state index is 12.1. The molecule has 2 heterocycles. The van der Waals surface area contributed by atoms with Crippen LogP contribution in [0.25, 0.3) is 0 Å². The Hall–Kier alpha value is -0.130. The molecule has 0 aliphatic carbocycles. The highest BCUT2D eigenvalue weighted by Gasteiger charge is 2.30. The molecule has 0 unspecified atom stereocenters. The fourth-order valence-corrected chi connectivity index (χ4v) is 4.29. The normalized spacial score (nSPS) is 25.1. The van der Waals surface area contributed by atoms with Crippen molar-refractivity contribution >= 4 is 10.0 Å². The van der Waals surface area contributed by atoms with E-state index in [4.69, 9.17) is 0 Å². The molecule has 0 radical (unpaired) electrons. The quantitative estimate of drug-likeness (QED) is 0.780. The van der Waals surface area contributed by atoms with E-state index in [1.165, 1.54) is 32.5 Å². The molecule has 0 aromatic heterocycles. The van der Waals surface area contributed by atoms with Gasteiger partial charge < -0.3 is 4.90 Å². The monoisotopic (exact) mass is 274 g/mol. The molecule has 2 saturated heterocycles. The molecule has 2 aliphatic heterocycles. The lowest BCUT2D eigenvalue weighted by Gasteiger charge is -2.34. The van der Waals surface area contributed by atoms with Gasteiger partial charge >= 0.3 is 0 Å². The molecule has 18 heavy (non-hydrogen) atoms. The SMILES string of the molecule is CC(C)S(=O)(=O)N1CCC(CN2CCCC2)CC1. The first-order chi connectivity index (χ1) is 8.50. The Labute approximate surface area is 111 Å². The van der Waals surface area contributed by atoms with Crippen molar-refractivity contribution in [2.45, 2.75) is 44.8 Å². The molecular weight excluding hydrogens is 248 g/mol. The zero-order valence-corrected chi connectivity index (χ0v) is 12.5. The molecule has 106 valence electrons. The van der Waals surface area contributed by atoms with Gasteiger partial charge in [0.25, 0.3) is 0 Å². The summed E-state index contributed by atoms with van der Waals surface area (Å²) in [6.45, 7) is 8.64. The summed E-state index contributed by atoms with van der Waals surface area (Å²) in [6, 6.07) is 0. The molecule has 0 atom stereocenters. The van der Waals surface area contributed by atoms with Crippen LogP contribution in [0.2, 0.25) is 0 Å². The molecule has 2 aliphatic rings. The lowest BCUT2D eigenvalue weighted by Crippen LogP contribution is -2.43. The molecule has 0 spiro atoms. The highest BCUT2D eigenvalue weighted by atomic mass is 32.2. The van der Waals surface area contributed by atoms with Gasteiger partial charge in [-0.15, -0.1) is 0 Å². The van der Waals surface area contributed by atoms with Crippen LogP contribution in [0.1, 0.15) is 39.5 Å². The Morgan fingerprint density at radius 2 is 1.61 bits per heavy atom. The van der Waals surface area contributed by atoms with Crippen LogP contribution >= 0.6 is 0 Å². The summed E-state index contributed by atoms with van der Waals surface area (Å²) in [5, 5.41) is -0.285. The summed E-state index contributed by atoms with van der Waals surface area (Å²) < 4.78 is 25.8. The first-order valence-electron chi connectivity index (χ1n) is 7.21. The van der Waals surface area contributed by atoms with Gasteiger partial charge in [-0.3, -0.25) is 0 Å². The Balaban J connectivity index is 1.80. The van der Waals surface area contributed by atoms with Crippen LogP contribution in [0, 0.1) is 5.92 Å². The number of nitrogens with zero attached hydrogens (tertiary/aromatic N) is 2. The Kier molecular flexibility index (Phi) is 4.67. The first-order valence-corrected chi connectivity index (χ1v) is 8.72. The molecule has 2 rings (SSSR count). The average molecular weight is 274 g/mol. The van der Waals surface area contributed by atoms with E-state index < -0.39 is 10.0 Å². The molecule has 0 bridgehead atoms. The van der Waals surface area contributed by atoms with E-state index in [1.54, 1.807) is 18.2 Å². The molecule has 2 fully saturated rings. The first kappa shape index (κ1) is 14.3. The van der Waals surface area contributed by atoms with E-state index >= 15 is 0 Å². The van der Waals surface area contributed by atoms with E-state index in [0.717, 1.165) is 25.9 Å². The fourth-order valence-electron chi connectivity index (χ4n) is 2.97. The minimum Gasteiger partial charge on any atom is -0.303 e. The minimum absolute atomic E-state index is 0.285. The molecule has 0 saturated carbocycles.